The van der Waals surface area contributed by atoms with Crippen LogP contribution in [0.5, 0.6) is 0 Å². The van der Waals surface area contributed by atoms with Crippen molar-refractivity contribution < 1.29 is 9.59 Å². The largest absolute Gasteiger partial charge is 0.342 e. The van der Waals surface area contributed by atoms with Crippen molar-refractivity contribution in [2.24, 2.45) is 5.73 Å². The number of carbonyl (C=O) groups excluding carboxylic acids is 2. The molecular weight excluding hydrogens is 182 g/mol. The van der Waals surface area contributed by atoms with Crippen molar-refractivity contribution in [3.05, 3.63) is 0 Å². The fraction of sp³-hybridized carbons (Fsp3) is 0.778. The van der Waals surface area contributed by atoms with Crippen LogP contribution in [0.3, 0.4) is 0 Å². The van der Waals surface area contributed by atoms with Crippen molar-refractivity contribution in [1.29, 1.82) is 0 Å². The SMILES string of the molecule is CN1CCN(C(=O)CN)C(C)(C)C1=O. The number of nitrogens with zero attached hydrogens (tertiary/aromatic N) is 2. The molecule has 1 rings (SSSR count). The van der Waals surface area contributed by atoms with Gasteiger partial charge in [-0.15, -0.1) is 0 Å². The maximum absolute atomic E-state index is 11.8. The predicted octanol–water partition coefficient (Wildman–Crippen LogP) is -0.976. The van der Waals surface area contributed by atoms with Crippen LogP contribution in [-0.4, -0.2) is 53.8 Å². The normalized spacial score (nSPS) is 21.3. The molecule has 1 fully saturated rings. The van der Waals surface area contributed by atoms with E-state index in [2.05, 4.69) is 0 Å². The zero-order chi connectivity index (χ0) is 10.9. The summed E-state index contributed by atoms with van der Waals surface area (Å²) in [5, 5.41) is 0. The Morgan fingerprint density at radius 1 is 1.50 bits per heavy atom. The molecule has 2 N–H and O–H groups in total. The molecule has 5 heteroatoms. The lowest BCUT2D eigenvalue weighted by Gasteiger charge is -2.44. The van der Waals surface area contributed by atoms with Gasteiger partial charge < -0.3 is 15.5 Å². The zero-order valence-electron chi connectivity index (χ0n) is 8.91. The van der Waals surface area contributed by atoms with Crippen molar-refractivity contribution in [1.82, 2.24) is 9.80 Å². The van der Waals surface area contributed by atoms with E-state index in [0.717, 1.165) is 0 Å². The summed E-state index contributed by atoms with van der Waals surface area (Å²) in [6.07, 6.45) is 0. The summed E-state index contributed by atoms with van der Waals surface area (Å²) in [5.74, 6) is -0.206. The fourth-order valence-electron chi connectivity index (χ4n) is 1.76. The number of piperazine rings is 1. The molecule has 14 heavy (non-hydrogen) atoms. The molecule has 1 aliphatic rings. The summed E-state index contributed by atoms with van der Waals surface area (Å²) in [5.41, 5.74) is 4.53. The Morgan fingerprint density at radius 3 is 2.57 bits per heavy atom. The van der Waals surface area contributed by atoms with E-state index in [-0.39, 0.29) is 18.4 Å². The number of likely N-dealkylation sites (N-methyl/N-ethyl adjacent to an activating group) is 1. The highest BCUT2D eigenvalue weighted by atomic mass is 16.2. The molecule has 1 aliphatic heterocycles. The lowest BCUT2D eigenvalue weighted by molar-refractivity contribution is -0.156. The molecule has 0 bridgehead atoms. The van der Waals surface area contributed by atoms with Gasteiger partial charge in [-0.2, -0.15) is 0 Å². The molecular formula is C9H17N3O2. The Hall–Kier alpha value is -1.10. The lowest BCUT2D eigenvalue weighted by atomic mass is 9.98. The first-order chi connectivity index (χ1) is 6.41. The lowest BCUT2D eigenvalue weighted by Crippen LogP contribution is -2.64. The summed E-state index contributed by atoms with van der Waals surface area (Å²) >= 11 is 0. The number of hydrogen-bond donors (Lipinski definition) is 1. The van der Waals surface area contributed by atoms with E-state index in [4.69, 9.17) is 5.73 Å². The topological polar surface area (TPSA) is 66.6 Å². The molecule has 80 valence electrons. The van der Waals surface area contributed by atoms with Gasteiger partial charge in [0.2, 0.25) is 11.8 Å². The minimum Gasteiger partial charge on any atom is -0.342 e. The first-order valence-corrected chi connectivity index (χ1v) is 4.67. The van der Waals surface area contributed by atoms with Gasteiger partial charge in [0.25, 0.3) is 0 Å². The average Bonchev–Trinajstić information content (AvgIpc) is 2.13. The molecule has 0 spiro atoms. The maximum Gasteiger partial charge on any atom is 0.247 e. The van der Waals surface area contributed by atoms with E-state index in [1.165, 1.54) is 0 Å². The smallest absolute Gasteiger partial charge is 0.247 e. The second-order valence-corrected chi connectivity index (χ2v) is 4.04. The predicted molar refractivity (Wildman–Crippen MR) is 52.5 cm³/mol. The Balaban J connectivity index is 2.89. The summed E-state index contributed by atoms with van der Waals surface area (Å²) in [6.45, 7) is 4.59. The van der Waals surface area contributed by atoms with Crippen LogP contribution in [0.2, 0.25) is 0 Å². The third kappa shape index (κ3) is 1.59. The van der Waals surface area contributed by atoms with Crippen LogP contribution < -0.4 is 5.73 Å². The number of amides is 2. The van der Waals surface area contributed by atoms with Crippen LogP contribution in [0, 0.1) is 0 Å². The highest BCUT2D eigenvalue weighted by molar-refractivity contribution is 5.92. The highest BCUT2D eigenvalue weighted by Gasteiger charge is 2.42. The summed E-state index contributed by atoms with van der Waals surface area (Å²) < 4.78 is 0. The first-order valence-electron chi connectivity index (χ1n) is 4.67. The fourth-order valence-corrected chi connectivity index (χ4v) is 1.76. The van der Waals surface area contributed by atoms with Gasteiger partial charge in [0.05, 0.1) is 6.54 Å². The van der Waals surface area contributed by atoms with Crippen molar-refractivity contribution in [3.63, 3.8) is 0 Å². The maximum atomic E-state index is 11.8. The third-order valence-electron chi connectivity index (χ3n) is 2.68. The van der Waals surface area contributed by atoms with Gasteiger partial charge in [0, 0.05) is 20.1 Å². The van der Waals surface area contributed by atoms with E-state index >= 15 is 0 Å². The third-order valence-corrected chi connectivity index (χ3v) is 2.68. The molecule has 0 aromatic heterocycles. The first kappa shape index (κ1) is 11.0. The number of rotatable bonds is 1. The average molecular weight is 199 g/mol. The molecule has 1 saturated heterocycles. The Bertz CT molecular complexity index is 263. The molecule has 0 radical (unpaired) electrons. The van der Waals surface area contributed by atoms with Crippen molar-refractivity contribution in [2.45, 2.75) is 19.4 Å². The molecule has 0 saturated carbocycles. The van der Waals surface area contributed by atoms with Gasteiger partial charge in [0.1, 0.15) is 5.54 Å². The van der Waals surface area contributed by atoms with Crippen LogP contribution in [0.25, 0.3) is 0 Å². The molecule has 0 atom stereocenters. The zero-order valence-corrected chi connectivity index (χ0v) is 8.91. The monoisotopic (exact) mass is 199 g/mol. The van der Waals surface area contributed by atoms with E-state index in [1.54, 1.807) is 30.7 Å². The molecule has 5 nitrogen and oxygen atoms in total. The molecule has 1 heterocycles. The van der Waals surface area contributed by atoms with Crippen molar-refractivity contribution >= 4 is 11.8 Å². The molecule has 0 aliphatic carbocycles. The van der Waals surface area contributed by atoms with Crippen LogP contribution >= 0.6 is 0 Å². The number of carbonyl (C=O) groups is 2. The Morgan fingerprint density at radius 2 is 2.07 bits per heavy atom. The minimum absolute atomic E-state index is 0.0365. The number of nitrogens with two attached hydrogens (primary N) is 1. The number of hydrogen-bond acceptors (Lipinski definition) is 3. The van der Waals surface area contributed by atoms with Gasteiger partial charge in [0.15, 0.2) is 0 Å². The van der Waals surface area contributed by atoms with Crippen LogP contribution in [-0.2, 0) is 9.59 Å². The van der Waals surface area contributed by atoms with Crippen molar-refractivity contribution in [2.75, 3.05) is 26.7 Å². The van der Waals surface area contributed by atoms with Crippen LogP contribution in [0.15, 0.2) is 0 Å². The summed E-state index contributed by atoms with van der Waals surface area (Å²) in [4.78, 5) is 26.4. The Labute approximate surface area is 83.8 Å². The second-order valence-electron chi connectivity index (χ2n) is 4.04. The minimum atomic E-state index is -0.760. The molecule has 0 unspecified atom stereocenters. The van der Waals surface area contributed by atoms with Crippen LogP contribution in [0.1, 0.15) is 13.8 Å². The van der Waals surface area contributed by atoms with Gasteiger partial charge in [-0.25, -0.2) is 0 Å². The van der Waals surface area contributed by atoms with E-state index in [1.807, 2.05) is 0 Å². The van der Waals surface area contributed by atoms with Gasteiger partial charge >= 0.3 is 0 Å². The Kier molecular flexibility index (Phi) is 2.80. The van der Waals surface area contributed by atoms with E-state index < -0.39 is 5.54 Å². The molecule has 0 aromatic rings. The standard InChI is InChI=1S/C9H17N3O2/c1-9(2)8(14)11(3)4-5-12(9)7(13)6-10/h4-6,10H2,1-3H3. The molecule has 2 amide bonds. The van der Waals surface area contributed by atoms with Crippen molar-refractivity contribution in [3.8, 4) is 0 Å². The molecule has 0 aromatic carbocycles. The van der Waals surface area contributed by atoms with Gasteiger partial charge in [-0.3, -0.25) is 9.59 Å². The highest BCUT2D eigenvalue weighted by Crippen LogP contribution is 2.21. The van der Waals surface area contributed by atoms with Gasteiger partial charge in [-0.05, 0) is 13.8 Å². The van der Waals surface area contributed by atoms with Gasteiger partial charge in [-0.1, -0.05) is 0 Å². The quantitative estimate of drug-likeness (QED) is 0.590. The summed E-state index contributed by atoms with van der Waals surface area (Å²) in [6, 6.07) is 0. The summed E-state index contributed by atoms with van der Waals surface area (Å²) in [7, 11) is 1.74. The van der Waals surface area contributed by atoms with E-state index in [9.17, 15) is 9.59 Å². The second kappa shape index (κ2) is 3.57. The van der Waals surface area contributed by atoms with E-state index in [0.29, 0.717) is 13.1 Å². The van der Waals surface area contributed by atoms with Crippen LogP contribution in [0.4, 0.5) is 0 Å².